The molecule has 1 unspecified atom stereocenters. The number of ether oxygens (including phenoxy) is 2. The molecule has 7 heteroatoms. The van der Waals surface area contributed by atoms with Crippen molar-refractivity contribution >= 4 is 24.0 Å². The van der Waals surface area contributed by atoms with Crippen molar-refractivity contribution in [2.45, 2.75) is 12.6 Å². The zero-order valence-corrected chi connectivity index (χ0v) is 14.9. The van der Waals surface area contributed by atoms with Crippen LogP contribution >= 0.6 is 12.4 Å². The fraction of sp³-hybridized carbons (Fsp3) is 0.278. The largest absolute Gasteiger partial charge is 0.496 e. The lowest BCUT2D eigenvalue weighted by atomic mass is 9.94. The van der Waals surface area contributed by atoms with Gasteiger partial charge in [0.2, 0.25) is 0 Å². The van der Waals surface area contributed by atoms with Gasteiger partial charge in [-0.2, -0.15) is 0 Å². The smallest absolute Gasteiger partial charge is 0.254 e. The Morgan fingerprint density at radius 3 is 2.32 bits per heavy atom. The molecule has 0 aliphatic carbocycles. The molecule has 0 spiro atoms. The monoisotopic (exact) mass is 364 g/mol. The van der Waals surface area contributed by atoms with Gasteiger partial charge in [-0.05, 0) is 36.4 Å². The van der Waals surface area contributed by atoms with Gasteiger partial charge in [-0.15, -0.1) is 12.4 Å². The molecule has 1 amide bonds. The molecule has 0 bridgehead atoms. The van der Waals surface area contributed by atoms with E-state index < -0.39 is 6.10 Å². The molecule has 6 nitrogen and oxygen atoms in total. The van der Waals surface area contributed by atoms with Gasteiger partial charge in [0, 0.05) is 22.4 Å². The molecule has 134 valence electrons. The van der Waals surface area contributed by atoms with E-state index >= 15 is 0 Å². The Hall–Kier alpha value is -2.44. The second-order valence-corrected chi connectivity index (χ2v) is 5.69. The maximum Gasteiger partial charge on any atom is 0.254 e. The van der Waals surface area contributed by atoms with E-state index in [-0.39, 0.29) is 24.9 Å². The molecule has 1 atom stereocenters. The number of hydrogen-bond acceptors (Lipinski definition) is 5. The number of nitrogen functional groups attached to an aromatic ring is 1. The average Bonchev–Trinajstić information content (AvgIpc) is 2.60. The van der Waals surface area contributed by atoms with Gasteiger partial charge >= 0.3 is 0 Å². The summed E-state index contributed by atoms with van der Waals surface area (Å²) in [6, 6.07) is 10.3. The Morgan fingerprint density at radius 1 is 1.12 bits per heavy atom. The molecule has 0 aromatic heterocycles. The number of nitrogens with zero attached hydrogens (tertiary/aromatic N) is 1. The number of halogens is 1. The van der Waals surface area contributed by atoms with Crippen LogP contribution in [0, 0.1) is 0 Å². The van der Waals surface area contributed by atoms with E-state index in [1.165, 1.54) is 0 Å². The summed E-state index contributed by atoms with van der Waals surface area (Å²) in [5.41, 5.74) is 8.24. The van der Waals surface area contributed by atoms with Gasteiger partial charge in [0.05, 0.1) is 27.3 Å². The van der Waals surface area contributed by atoms with Crippen LogP contribution in [0.25, 0.3) is 0 Å². The first-order valence-corrected chi connectivity index (χ1v) is 7.61. The summed E-state index contributed by atoms with van der Waals surface area (Å²) in [7, 11) is 3.12. The zero-order chi connectivity index (χ0) is 17.3. The molecular weight excluding hydrogens is 344 g/mol. The maximum atomic E-state index is 12.7. The standard InChI is InChI=1S/C18H20N2O4.ClH/c1-23-15-7-8-16(24-2)17-13(15)9-20(10-14(17)21)18(22)11-3-5-12(19)6-4-11;/h3-8,14,21H,9-10,19H2,1-2H3;1H. The molecule has 0 radical (unpaired) electrons. The molecule has 25 heavy (non-hydrogen) atoms. The highest BCUT2D eigenvalue weighted by Crippen LogP contribution is 2.39. The Balaban J connectivity index is 0.00000225. The van der Waals surface area contributed by atoms with Gasteiger partial charge < -0.3 is 25.2 Å². The van der Waals surface area contributed by atoms with Crippen molar-refractivity contribution in [1.29, 1.82) is 0 Å². The minimum absolute atomic E-state index is 0. The number of anilines is 1. The number of nitrogens with two attached hydrogens (primary N) is 1. The Kier molecular flexibility index (Phi) is 5.77. The van der Waals surface area contributed by atoms with Crippen molar-refractivity contribution in [1.82, 2.24) is 4.90 Å². The molecule has 0 saturated heterocycles. The quantitative estimate of drug-likeness (QED) is 0.817. The Morgan fingerprint density at radius 2 is 1.72 bits per heavy atom. The fourth-order valence-corrected chi connectivity index (χ4v) is 3.04. The first-order valence-electron chi connectivity index (χ1n) is 7.61. The Labute approximate surface area is 152 Å². The topological polar surface area (TPSA) is 85.0 Å². The zero-order valence-electron chi connectivity index (χ0n) is 14.1. The molecule has 0 fully saturated rings. The summed E-state index contributed by atoms with van der Waals surface area (Å²) in [5, 5.41) is 10.6. The molecule has 3 rings (SSSR count). The lowest BCUT2D eigenvalue weighted by Crippen LogP contribution is -2.38. The number of methoxy groups -OCH3 is 2. The van der Waals surface area contributed by atoms with E-state index in [4.69, 9.17) is 15.2 Å². The van der Waals surface area contributed by atoms with Gasteiger partial charge in [-0.3, -0.25) is 4.79 Å². The summed E-state index contributed by atoms with van der Waals surface area (Å²) in [6.07, 6.45) is -0.837. The predicted octanol–water partition coefficient (Wildman–Crippen LogP) is 2.40. The predicted molar refractivity (Wildman–Crippen MR) is 97.3 cm³/mol. The number of aliphatic hydroxyl groups excluding tert-OH is 1. The normalized spacial score (nSPS) is 15.8. The molecule has 3 N–H and O–H groups in total. The molecule has 2 aromatic rings. The number of β-amino-alcohol motifs (C(OH)–C–C–N with tert-alkyl or cyclic N) is 1. The van der Waals surface area contributed by atoms with Crippen LogP contribution in [0.5, 0.6) is 11.5 Å². The summed E-state index contributed by atoms with van der Waals surface area (Å²) in [4.78, 5) is 14.3. The summed E-state index contributed by atoms with van der Waals surface area (Å²) < 4.78 is 10.7. The van der Waals surface area contributed by atoms with Gasteiger partial charge in [0.25, 0.3) is 5.91 Å². The van der Waals surface area contributed by atoms with Gasteiger partial charge in [-0.1, -0.05) is 0 Å². The number of benzene rings is 2. The number of carbonyl (C=O) groups is 1. The van der Waals surface area contributed by atoms with Crippen molar-refractivity contribution in [2.75, 3.05) is 26.5 Å². The second kappa shape index (κ2) is 7.63. The number of aliphatic hydroxyl groups is 1. The molecule has 1 aliphatic heterocycles. The molecular formula is C18H21ClN2O4. The first kappa shape index (κ1) is 18.9. The van der Waals surface area contributed by atoms with Crippen LogP contribution in [0.3, 0.4) is 0 Å². The van der Waals surface area contributed by atoms with Gasteiger partial charge in [-0.25, -0.2) is 0 Å². The van der Waals surface area contributed by atoms with E-state index in [0.717, 1.165) is 5.56 Å². The number of carbonyl (C=O) groups excluding carboxylic acids is 1. The van der Waals surface area contributed by atoms with Crippen molar-refractivity contribution < 1.29 is 19.4 Å². The second-order valence-electron chi connectivity index (χ2n) is 5.69. The fourth-order valence-electron chi connectivity index (χ4n) is 3.04. The Bertz CT molecular complexity index is 764. The SMILES string of the molecule is COc1ccc(OC)c2c1CN(C(=O)c1ccc(N)cc1)CC2O.Cl. The van der Waals surface area contributed by atoms with Crippen molar-refractivity contribution in [3.8, 4) is 11.5 Å². The minimum Gasteiger partial charge on any atom is -0.496 e. The van der Waals surface area contributed by atoms with Crippen LogP contribution in [-0.2, 0) is 6.54 Å². The lowest BCUT2D eigenvalue weighted by molar-refractivity contribution is 0.0538. The number of rotatable bonds is 3. The first-order chi connectivity index (χ1) is 11.5. The summed E-state index contributed by atoms with van der Waals surface area (Å²) in [6.45, 7) is 0.537. The van der Waals surface area contributed by atoms with E-state index in [1.807, 2.05) is 0 Å². The third-order valence-electron chi connectivity index (χ3n) is 4.23. The molecule has 0 saturated carbocycles. The maximum absolute atomic E-state index is 12.7. The van der Waals surface area contributed by atoms with Crippen molar-refractivity contribution in [3.63, 3.8) is 0 Å². The van der Waals surface area contributed by atoms with E-state index in [9.17, 15) is 9.90 Å². The highest BCUT2D eigenvalue weighted by atomic mass is 35.5. The van der Waals surface area contributed by atoms with E-state index in [2.05, 4.69) is 0 Å². The third-order valence-corrected chi connectivity index (χ3v) is 4.23. The number of hydrogen-bond donors (Lipinski definition) is 2. The van der Waals surface area contributed by atoms with E-state index in [0.29, 0.717) is 34.9 Å². The van der Waals surface area contributed by atoms with E-state index in [1.54, 1.807) is 55.5 Å². The van der Waals surface area contributed by atoms with Gasteiger partial charge in [0.1, 0.15) is 17.6 Å². The minimum atomic E-state index is -0.837. The van der Waals surface area contributed by atoms with Crippen molar-refractivity contribution in [3.05, 3.63) is 53.1 Å². The number of amides is 1. The number of fused-ring (bicyclic) bond motifs is 1. The third kappa shape index (κ3) is 3.50. The highest BCUT2D eigenvalue weighted by Gasteiger charge is 2.32. The van der Waals surface area contributed by atoms with Crippen LogP contribution in [0.4, 0.5) is 5.69 Å². The van der Waals surface area contributed by atoms with Crippen LogP contribution in [-0.4, -0.2) is 36.7 Å². The molecule has 1 heterocycles. The van der Waals surface area contributed by atoms with Crippen LogP contribution in [0.1, 0.15) is 27.6 Å². The van der Waals surface area contributed by atoms with Gasteiger partial charge in [0.15, 0.2) is 0 Å². The van der Waals surface area contributed by atoms with Crippen LogP contribution in [0.2, 0.25) is 0 Å². The summed E-state index contributed by atoms with van der Waals surface area (Å²) >= 11 is 0. The van der Waals surface area contributed by atoms with Crippen LogP contribution in [0.15, 0.2) is 36.4 Å². The van der Waals surface area contributed by atoms with Crippen LogP contribution < -0.4 is 15.2 Å². The average molecular weight is 365 g/mol. The molecule has 1 aliphatic rings. The van der Waals surface area contributed by atoms with Crippen molar-refractivity contribution in [2.24, 2.45) is 0 Å². The highest BCUT2D eigenvalue weighted by molar-refractivity contribution is 5.94. The summed E-state index contributed by atoms with van der Waals surface area (Å²) in [5.74, 6) is 1.06. The lowest BCUT2D eigenvalue weighted by Gasteiger charge is -2.34. The molecule has 2 aromatic carbocycles.